The third-order valence-electron chi connectivity index (χ3n) is 17.1. The molecule has 0 radical (unpaired) electrons. The van der Waals surface area contributed by atoms with Gasteiger partial charge in [-0.2, -0.15) is 0 Å². The van der Waals surface area contributed by atoms with Gasteiger partial charge < -0.3 is 89.9 Å². The Balaban J connectivity index is 1.46. The molecule has 3 aliphatic rings. The van der Waals surface area contributed by atoms with Crippen molar-refractivity contribution in [3.8, 4) is 0 Å². The molecule has 0 bridgehead atoms. The van der Waals surface area contributed by atoms with Gasteiger partial charge in [0.1, 0.15) is 73.2 Å². The molecule has 3 heterocycles. The van der Waals surface area contributed by atoms with Gasteiger partial charge in [-0.05, 0) is 77.0 Å². The number of carbonyl (C=O) groups is 1. The van der Waals surface area contributed by atoms with Crippen molar-refractivity contribution >= 4 is 5.91 Å². The number of allylic oxidation sites excluding steroid dienone is 15. The number of rotatable bonds is 53. The Morgan fingerprint density at radius 3 is 1.17 bits per heavy atom. The Labute approximate surface area is 552 Å². The van der Waals surface area contributed by atoms with Crippen molar-refractivity contribution < 1.29 is 89.4 Å². The van der Waals surface area contributed by atoms with Gasteiger partial charge in [0.25, 0.3) is 0 Å². The highest BCUT2D eigenvalue weighted by Gasteiger charge is 2.53. The Bertz CT molecular complexity index is 2040. The fraction of sp³-hybridized carbons (Fsp3) is 0.767. The molecule has 0 aromatic rings. The van der Waals surface area contributed by atoms with E-state index in [1.165, 1.54) is 109 Å². The minimum Gasteiger partial charge on any atom is -0.394 e. The van der Waals surface area contributed by atoms with E-state index in [2.05, 4.69) is 104 Å². The maximum Gasteiger partial charge on any atom is 0.220 e. The summed E-state index contributed by atoms with van der Waals surface area (Å²) in [5.74, 6) is -0.310. The van der Waals surface area contributed by atoms with Crippen LogP contribution in [-0.4, -0.2) is 193 Å². The van der Waals surface area contributed by atoms with Crippen LogP contribution in [0.25, 0.3) is 0 Å². The molecule has 1 amide bonds. The van der Waals surface area contributed by atoms with E-state index in [1.54, 1.807) is 6.08 Å². The predicted octanol–water partition coefficient (Wildman–Crippen LogP) is 9.66. The van der Waals surface area contributed by atoms with Crippen LogP contribution in [-0.2, 0) is 33.2 Å². The summed E-state index contributed by atoms with van der Waals surface area (Å²) < 4.78 is 34.3. The van der Waals surface area contributed by atoms with Crippen LogP contribution in [0.1, 0.15) is 226 Å². The highest BCUT2D eigenvalue weighted by Crippen LogP contribution is 2.33. The van der Waals surface area contributed by atoms with Gasteiger partial charge in [-0.25, -0.2) is 0 Å². The highest BCUT2D eigenvalue weighted by atomic mass is 16.8. The molecule has 0 saturated carbocycles. The predicted molar refractivity (Wildman–Crippen MR) is 360 cm³/mol. The van der Waals surface area contributed by atoms with Crippen LogP contribution in [0.3, 0.4) is 0 Å². The van der Waals surface area contributed by atoms with Crippen LogP contribution in [0.5, 0.6) is 0 Å². The van der Waals surface area contributed by atoms with E-state index in [-0.39, 0.29) is 18.9 Å². The lowest BCUT2D eigenvalue weighted by Crippen LogP contribution is -2.66. The largest absolute Gasteiger partial charge is 0.394 e. The standard InChI is InChI=1S/C73H125NO18/c1-3-5-7-9-11-13-15-17-19-21-23-25-27-28-29-31-33-35-37-39-41-43-45-47-49-51-61(79)74-56(57(78)50-48-46-44-42-40-38-36-34-32-30-26-24-22-20-18-16-14-12-10-8-6-4-2)55-87-71-67(85)64(82)69(59(53-76)89-71)92-73-68(86)65(83)70(60(54-77)90-73)91-72-66(84)63(81)62(80)58(52-75)88-72/h5,7,11,13,17,19,23,25,28-29,33,35,39,41,48,50,56-60,62-73,75-78,80-86H,3-4,6,8-10,12,14-16,18,20-22,24,26-27,30-32,34,36-38,40,42-47,49,51-55H2,1-2H3,(H,74,79)/b7-5-,13-11-,19-17-,25-23-,29-28-,35-33-,41-39-,50-48+. The minimum absolute atomic E-state index is 0.197. The van der Waals surface area contributed by atoms with Crippen molar-refractivity contribution in [2.24, 2.45) is 0 Å². The Morgan fingerprint density at radius 1 is 0.402 bits per heavy atom. The Hall–Kier alpha value is -3.29. The second kappa shape index (κ2) is 53.8. The average molecular weight is 1300 g/mol. The quantitative estimate of drug-likeness (QED) is 0.0199. The molecular weight excluding hydrogens is 1180 g/mol. The van der Waals surface area contributed by atoms with Crippen molar-refractivity contribution in [2.45, 2.75) is 330 Å². The number of aliphatic hydroxyl groups excluding tert-OH is 11. The van der Waals surface area contributed by atoms with Crippen molar-refractivity contribution in [3.05, 3.63) is 97.2 Å². The maximum atomic E-state index is 13.4. The van der Waals surface area contributed by atoms with Gasteiger partial charge in [0.2, 0.25) is 5.91 Å². The molecule has 19 nitrogen and oxygen atoms in total. The molecule has 0 aliphatic carbocycles. The van der Waals surface area contributed by atoms with Gasteiger partial charge >= 0.3 is 0 Å². The summed E-state index contributed by atoms with van der Waals surface area (Å²) in [7, 11) is 0. The van der Waals surface area contributed by atoms with E-state index >= 15 is 0 Å². The number of unbranched alkanes of at least 4 members (excludes halogenated alkanes) is 23. The Morgan fingerprint density at radius 2 is 0.750 bits per heavy atom. The van der Waals surface area contributed by atoms with E-state index in [9.17, 15) is 61.0 Å². The first-order valence-corrected chi connectivity index (χ1v) is 35.5. The van der Waals surface area contributed by atoms with E-state index in [0.717, 1.165) is 89.9 Å². The van der Waals surface area contributed by atoms with E-state index in [1.807, 2.05) is 6.08 Å². The number of hydrogen-bond donors (Lipinski definition) is 12. The molecule has 3 rings (SSSR count). The topological polar surface area (TPSA) is 307 Å². The molecule has 92 heavy (non-hydrogen) atoms. The SMILES string of the molecule is CC/C=C\C/C=C\C/C=C\C/C=C\C/C=C\C/C=C\C/C=C\CCCCCC(=O)NC(COC1OC(CO)C(OC2OC(CO)C(OC3OC(CO)C(O)C(O)C3O)C(O)C2O)C(O)C1O)C(O)/C=C/CCCCCCCCCCCCCCCCCCCCCC. The monoisotopic (exact) mass is 1300 g/mol. The zero-order valence-corrected chi connectivity index (χ0v) is 56.0. The minimum atomic E-state index is -1.99. The fourth-order valence-electron chi connectivity index (χ4n) is 11.4. The van der Waals surface area contributed by atoms with Crippen LogP contribution in [0.15, 0.2) is 97.2 Å². The molecule has 17 atom stereocenters. The third kappa shape index (κ3) is 35.1. The molecular formula is C73H125NO18. The molecule has 0 spiro atoms. The van der Waals surface area contributed by atoms with Gasteiger partial charge in [-0.3, -0.25) is 4.79 Å². The van der Waals surface area contributed by atoms with Gasteiger partial charge in [-0.1, -0.05) is 239 Å². The zero-order chi connectivity index (χ0) is 66.8. The van der Waals surface area contributed by atoms with Crippen molar-refractivity contribution in [3.63, 3.8) is 0 Å². The fourth-order valence-corrected chi connectivity index (χ4v) is 11.4. The normalized spacial score (nSPS) is 28.3. The van der Waals surface area contributed by atoms with Gasteiger partial charge in [0.15, 0.2) is 18.9 Å². The van der Waals surface area contributed by atoms with Crippen molar-refractivity contribution in [2.75, 3.05) is 26.4 Å². The van der Waals surface area contributed by atoms with E-state index in [0.29, 0.717) is 6.42 Å². The lowest BCUT2D eigenvalue weighted by molar-refractivity contribution is -0.379. The molecule has 0 aromatic carbocycles. The second-order valence-corrected chi connectivity index (χ2v) is 25.0. The first-order chi connectivity index (χ1) is 44.8. The summed E-state index contributed by atoms with van der Waals surface area (Å²) in [6, 6.07) is -0.999. The summed E-state index contributed by atoms with van der Waals surface area (Å²) in [6.07, 6.45) is 43.7. The van der Waals surface area contributed by atoms with Gasteiger partial charge in [-0.15, -0.1) is 0 Å². The number of ether oxygens (including phenoxy) is 6. The first kappa shape index (κ1) is 82.9. The van der Waals surface area contributed by atoms with Crippen LogP contribution >= 0.6 is 0 Å². The lowest BCUT2D eigenvalue weighted by atomic mass is 9.96. The molecule has 19 heteroatoms. The maximum absolute atomic E-state index is 13.4. The van der Waals surface area contributed by atoms with E-state index < -0.39 is 124 Å². The number of hydrogen-bond acceptors (Lipinski definition) is 18. The highest BCUT2D eigenvalue weighted by molar-refractivity contribution is 5.76. The first-order valence-electron chi connectivity index (χ1n) is 35.5. The molecule has 530 valence electrons. The number of nitrogens with one attached hydrogen (secondary N) is 1. The third-order valence-corrected chi connectivity index (χ3v) is 17.1. The smallest absolute Gasteiger partial charge is 0.220 e. The molecule has 3 aliphatic heterocycles. The van der Waals surface area contributed by atoms with Crippen LogP contribution in [0.4, 0.5) is 0 Å². The molecule has 0 aromatic heterocycles. The second-order valence-electron chi connectivity index (χ2n) is 25.0. The molecule has 17 unspecified atom stereocenters. The van der Waals surface area contributed by atoms with Crippen molar-refractivity contribution in [1.82, 2.24) is 5.32 Å². The average Bonchev–Trinajstić information content (AvgIpc) is 0.837. The molecule has 3 fully saturated rings. The zero-order valence-electron chi connectivity index (χ0n) is 56.0. The summed E-state index contributed by atoms with van der Waals surface area (Å²) in [6.45, 7) is 1.60. The summed E-state index contributed by atoms with van der Waals surface area (Å²) in [4.78, 5) is 13.4. The summed E-state index contributed by atoms with van der Waals surface area (Å²) in [5.41, 5.74) is 0. The van der Waals surface area contributed by atoms with Crippen LogP contribution in [0, 0.1) is 0 Å². The summed E-state index contributed by atoms with van der Waals surface area (Å²) in [5, 5.41) is 121. The number of aliphatic hydroxyl groups is 11. The molecule has 12 N–H and O–H groups in total. The lowest BCUT2D eigenvalue weighted by Gasteiger charge is -2.48. The van der Waals surface area contributed by atoms with Gasteiger partial charge in [0.05, 0.1) is 38.6 Å². The van der Waals surface area contributed by atoms with Crippen molar-refractivity contribution in [1.29, 1.82) is 0 Å². The van der Waals surface area contributed by atoms with Gasteiger partial charge in [0, 0.05) is 6.42 Å². The number of carbonyl (C=O) groups excluding carboxylic acids is 1. The van der Waals surface area contributed by atoms with Crippen LogP contribution < -0.4 is 5.32 Å². The molecule has 3 saturated heterocycles. The van der Waals surface area contributed by atoms with E-state index in [4.69, 9.17) is 28.4 Å². The van der Waals surface area contributed by atoms with Crippen LogP contribution in [0.2, 0.25) is 0 Å². The summed E-state index contributed by atoms with van der Waals surface area (Å²) >= 11 is 0. The number of amides is 1. The Kier molecular flexibility index (Phi) is 48.5.